The summed E-state index contributed by atoms with van der Waals surface area (Å²) in [5.41, 5.74) is 0. The molecular formula is C11H22O2S. The van der Waals surface area contributed by atoms with Crippen molar-refractivity contribution in [2.45, 2.75) is 45.4 Å². The summed E-state index contributed by atoms with van der Waals surface area (Å²) >= 11 is 0. The first kappa shape index (κ1) is 13.7. The van der Waals surface area contributed by atoms with Crippen LogP contribution >= 0.6 is 0 Å². The van der Waals surface area contributed by atoms with Crippen molar-refractivity contribution in [3.63, 3.8) is 0 Å². The fraction of sp³-hybridized carbons (Fsp3) is 0.818. The van der Waals surface area contributed by atoms with Gasteiger partial charge in [0.2, 0.25) is 0 Å². The first-order valence-electron chi connectivity index (χ1n) is 5.27. The number of hydrogen-bond donors (Lipinski definition) is 0. The van der Waals surface area contributed by atoms with Crippen LogP contribution in [0, 0.1) is 0 Å². The largest absolute Gasteiger partial charge is 0.294 e. The number of carbonyl (C=O) groups excluding carboxylic acids is 1. The highest BCUT2D eigenvalue weighted by Gasteiger charge is 2.00. The Morgan fingerprint density at radius 1 is 1.14 bits per heavy atom. The van der Waals surface area contributed by atoms with E-state index in [4.69, 9.17) is 0 Å². The van der Waals surface area contributed by atoms with Crippen LogP contribution in [0.3, 0.4) is 0 Å². The summed E-state index contributed by atoms with van der Waals surface area (Å²) in [5, 5.41) is 1.38. The van der Waals surface area contributed by atoms with Crippen LogP contribution in [-0.2, 0) is 14.3 Å². The molecule has 0 atom stereocenters. The van der Waals surface area contributed by atoms with E-state index in [2.05, 4.69) is 6.92 Å². The van der Waals surface area contributed by atoms with Gasteiger partial charge in [-0.2, -0.15) is 0 Å². The smallest absolute Gasteiger partial charge is 0.163 e. The molecule has 0 bridgehead atoms. The summed E-state index contributed by atoms with van der Waals surface area (Å²) in [4.78, 5) is 11.3. The van der Waals surface area contributed by atoms with Crippen molar-refractivity contribution in [2.75, 3.05) is 12.5 Å². The highest BCUT2D eigenvalue weighted by Crippen LogP contribution is 2.04. The van der Waals surface area contributed by atoms with Gasteiger partial charge in [0.05, 0.1) is 0 Å². The quantitative estimate of drug-likeness (QED) is 0.485. The zero-order valence-corrected chi connectivity index (χ0v) is 10.4. The van der Waals surface area contributed by atoms with Crippen LogP contribution < -0.4 is 0 Å². The number of ketones is 1. The Balaban J connectivity index is 3.61. The molecule has 0 radical (unpaired) electrons. The molecule has 0 saturated heterocycles. The summed E-state index contributed by atoms with van der Waals surface area (Å²) in [6.45, 7) is 2.17. The third-order valence-corrected chi connectivity index (χ3v) is 2.77. The number of rotatable bonds is 7. The van der Waals surface area contributed by atoms with Gasteiger partial charge in [0.15, 0.2) is 5.78 Å². The normalized spacial score (nSPS) is 11.4. The van der Waals surface area contributed by atoms with Gasteiger partial charge in [0, 0.05) is 24.3 Å². The van der Waals surface area contributed by atoms with E-state index in [1.807, 2.05) is 0 Å². The van der Waals surface area contributed by atoms with Crippen molar-refractivity contribution >= 4 is 20.7 Å². The van der Waals surface area contributed by atoms with Gasteiger partial charge in [-0.25, -0.2) is 0 Å². The molecule has 84 valence electrons. The van der Waals surface area contributed by atoms with Gasteiger partial charge in [-0.1, -0.05) is 32.6 Å². The van der Waals surface area contributed by atoms with Crippen molar-refractivity contribution < 1.29 is 9.00 Å². The van der Waals surface area contributed by atoms with Crippen LogP contribution in [-0.4, -0.2) is 27.9 Å². The Kier molecular flexibility index (Phi) is 6.89. The molecule has 0 unspecified atom stereocenters. The zero-order valence-electron chi connectivity index (χ0n) is 9.54. The van der Waals surface area contributed by atoms with E-state index in [0.29, 0.717) is 6.42 Å². The van der Waals surface area contributed by atoms with E-state index in [1.54, 1.807) is 12.5 Å². The number of Topliss-reactive ketones (excluding diaryl/α,β-unsaturated/α-hetero) is 1. The Morgan fingerprint density at radius 3 is 2.21 bits per heavy atom. The monoisotopic (exact) mass is 218 g/mol. The molecular weight excluding hydrogens is 196 g/mol. The molecule has 0 N–H and O–H groups in total. The topological polar surface area (TPSA) is 34.1 Å². The minimum absolute atomic E-state index is 0.0384. The van der Waals surface area contributed by atoms with Gasteiger partial charge in [0.1, 0.15) is 0 Å². The molecule has 0 spiro atoms. The van der Waals surface area contributed by atoms with Gasteiger partial charge in [-0.15, -0.1) is 0 Å². The lowest BCUT2D eigenvalue weighted by molar-refractivity contribution is -0.112. The Bertz CT molecular complexity index is 265. The van der Waals surface area contributed by atoms with Gasteiger partial charge in [0.25, 0.3) is 0 Å². The van der Waals surface area contributed by atoms with E-state index in [1.165, 1.54) is 24.6 Å². The molecule has 0 aromatic carbocycles. The molecule has 2 nitrogen and oxygen atoms in total. The van der Waals surface area contributed by atoms with Crippen LogP contribution in [0.2, 0.25) is 0 Å². The van der Waals surface area contributed by atoms with Gasteiger partial charge < -0.3 is 0 Å². The highest BCUT2D eigenvalue weighted by atomic mass is 32.2. The van der Waals surface area contributed by atoms with Crippen molar-refractivity contribution in [3.05, 3.63) is 0 Å². The molecule has 14 heavy (non-hydrogen) atoms. The Hall–Kier alpha value is -0.310. The summed E-state index contributed by atoms with van der Waals surface area (Å²) in [7, 11) is -2.00. The summed E-state index contributed by atoms with van der Waals surface area (Å²) in [5.74, 6) is 0.0384. The predicted octanol–water partition coefficient (Wildman–Crippen LogP) is 2.26. The molecule has 0 heterocycles. The minimum atomic E-state index is -2.00. The number of hydrogen-bond acceptors (Lipinski definition) is 2. The third kappa shape index (κ3) is 9.78. The second-order valence-electron chi connectivity index (χ2n) is 4.06. The van der Waals surface area contributed by atoms with Crippen molar-refractivity contribution in [1.82, 2.24) is 0 Å². The number of unbranched alkanes of at least 4 members (excludes halogenated alkanes) is 4. The molecule has 0 aliphatic heterocycles. The first-order chi connectivity index (χ1) is 6.45. The lowest BCUT2D eigenvalue weighted by atomic mass is 10.1. The van der Waals surface area contributed by atoms with E-state index in [9.17, 15) is 9.00 Å². The second-order valence-corrected chi connectivity index (χ2v) is 6.91. The van der Waals surface area contributed by atoms with Gasteiger partial charge >= 0.3 is 0 Å². The molecule has 0 fully saturated rings. The van der Waals surface area contributed by atoms with Crippen molar-refractivity contribution in [3.8, 4) is 0 Å². The van der Waals surface area contributed by atoms with Gasteiger partial charge in [-0.3, -0.25) is 9.00 Å². The lowest BCUT2D eigenvalue weighted by Gasteiger charge is -1.98. The second kappa shape index (κ2) is 7.04. The van der Waals surface area contributed by atoms with E-state index in [-0.39, 0.29) is 5.78 Å². The fourth-order valence-corrected chi connectivity index (χ4v) is 2.03. The lowest BCUT2D eigenvalue weighted by Crippen LogP contribution is -2.07. The standard InChI is InChI=1S/C11H22O2S/c1-4-5-6-7-8-9-11(12)10-14(2,3)13/h10H,4-9H2,1-3H3. The minimum Gasteiger partial charge on any atom is -0.294 e. The maximum atomic E-state index is 11.3. The first-order valence-corrected chi connectivity index (χ1v) is 7.71. The van der Waals surface area contributed by atoms with Gasteiger partial charge in [-0.05, 0) is 15.9 Å². The Morgan fingerprint density at radius 2 is 1.71 bits per heavy atom. The van der Waals surface area contributed by atoms with Crippen molar-refractivity contribution in [1.29, 1.82) is 0 Å². The average Bonchev–Trinajstić information content (AvgIpc) is 2.00. The molecule has 0 amide bonds. The van der Waals surface area contributed by atoms with Crippen LogP contribution in [0.5, 0.6) is 0 Å². The SMILES string of the molecule is CCCCCCCC(=O)C=S(C)(C)=O. The zero-order chi connectivity index (χ0) is 11.0. The maximum absolute atomic E-state index is 11.3. The highest BCUT2D eigenvalue weighted by molar-refractivity contribution is 8.01. The molecule has 0 aliphatic rings. The molecule has 0 rings (SSSR count). The molecule has 0 saturated carbocycles. The van der Waals surface area contributed by atoms with E-state index >= 15 is 0 Å². The van der Waals surface area contributed by atoms with E-state index in [0.717, 1.165) is 12.8 Å². The fourth-order valence-electron chi connectivity index (χ4n) is 1.28. The molecule has 0 aromatic heterocycles. The van der Waals surface area contributed by atoms with Crippen LogP contribution in [0.1, 0.15) is 45.4 Å². The van der Waals surface area contributed by atoms with E-state index < -0.39 is 9.52 Å². The van der Waals surface area contributed by atoms with Crippen LogP contribution in [0.15, 0.2) is 0 Å². The summed E-state index contributed by atoms with van der Waals surface area (Å²) in [6.07, 6.45) is 9.48. The van der Waals surface area contributed by atoms with Crippen LogP contribution in [0.25, 0.3) is 0 Å². The number of carbonyl (C=O) groups is 1. The molecule has 3 heteroatoms. The third-order valence-electron chi connectivity index (χ3n) is 1.94. The Labute approximate surface area is 88.1 Å². The average molecular weight is 218 g/mol. The summed E-state index contributed by atoms with van der Waals surface area (Å²) in [6, 6.07) is 0. The molecule has 0 aromatic rings. The molecule has 0 aliphatic carbocycles. The van der Waals surface area contributed by atoms with Crippen molar-refractivity contribution in [2.24, 2.45) is 0 Å². The predicted molar refractivity (Wildman–Crippen MR) is 64.4 cm³/mol. The maximum Gasteiger partial charge on any atom is 0.163 e. The van der Waals surface area contributed by atoms with Crippen LogP contribution in [0.4, 0.5) is 0 Å². The summed E-state index contributed by atoms with van der Waals surface area (Å²) < 4.78 is 11.3.